The van der Waals surface area contributed by atoms with E-state index in [1.807, 2.05) is 6.92 Å². The lowest BCUT2D eigenvalue weighted by Gasteiger charge is -1.97. The van der Waals surface area contributed by atoms with Crippen molar-refractivity contribution in [2.45, 2.75) is 13.3 Å². The number of nitrogens with zero attached hydrogens (tertiary/aromatic N) is 4. The third kappa shape index (κ3) is 1.73. The number of aryl methyl sites for hydroxylation is 1. The van der Waals surface area contributed by atoms with Gasteiger partial charge < -0.3 is 5.11 Å². The number of hydrogen-bond acceptors (Lipinski definition) is 5. The number of hydrogen-bond donors (Lipinski definition) is 1. The Bertz CT molecular complexity index is 490. The molecule has 0 aliphatic heterocycles. The highest BCUT2D eigenvalue weighted by atomic mass is 32.1. The van der Waals surface area contributed by atoms with Crippen molar-refractivity contribution in [2.24, 2.45) is 0 Å². The summed E-state index contributed by atoms with van der Waals surface area (Å²) in [6.45, 7) is 1.94. The molecule has 0 atom stereocenters. The van der Waals surface area contributed by atoms with Gasteiger partial charge in [0.1, 0.15) is 5.82 Å². The molecular formula is C8H8N4O2S. The molecule has 6 nitrogen and oxygen atoms in total. The fraction of sp³-hybridized carbons (Fsp3) is 0.250. The maximum absolute atomic E-state index is 10.8. The third-order valence-corrected chi connectivity index (χ3v) is 2.57. The van der Waals surface area contributed by atoms with E-state index in [4.69, 9.17) is 5.11 Å². The summed E-state index contributed by atoms with van der Waals surface area (Å²) in [6.07, 6.45) is 3.72. The van der Waals surface area contributed by atoms with Gasteiger partial charge in [-0.2, -0.15) is 4.37 Å². The third-order valence-electron chi connectivity index (χ3n) is 1.81. The van der Waals surface area contributed by atoms with E-state index in [0.717, 1.165) is 18.0 Å². The molecular weight excluding hydrogens is 216 g/mol. The molecule has 0 radical (unpaired) electrons. The van der Waals surface area contributed by atoms with Gasteiger partial charge in [0, 0.05) is 30.3 Å². The summed E-state index contributed by atoms with van der Waals surface area (Å²) in [5.41, 5.74) is 0. The van der Waals surface area contributed by atoms with Gasteiger partial charge >= 0.3 is 5.97 Å². The molecule has 2 aromatic rings. The first-order valence-corrected chi connectivity index (χ1v) is 5.09. The molecule has 0 unspecified atom stereocenters. The average Bonchev–Trinajstić information content (AvgIpc) is 2.85. The summed E-state index contributed by atoms with van der Waals surface area (Å²) in [5.74, 6) is -0.415. The van der Waals surface area contributed by atoms with E-state index in [-0.39, 0.29) is 5.82 Å². The quantitative estimate of drug-likeness (QED) is 0.840. The topological polar surface area (TPSA) is 80.9 Å². The summed E-state index contributed by atoms with van der Waals surface area (Å²) >= 11 is 1.16. The predicted molar refractivity (Wildman–Crippen MR) is 53.4 cm³/mol. The molecule has 0 aliphatic rings. The van der Waals surface area contributed by atoms with Gasteiger partial charge in [-0.05, 0) is 0 Å². The second-order valence-corrected chi connectivity index (χ2v) is 3.50. The van der Waals surface area contributed by atoms with E-state index in [1.54, 1.807) is 6.20 Å². The number of aromatic carboxylic acids is 1. The van der Waals surface area contributed by atoms with Crippen LogP contribution in [-0.2, 0) is 6.42 Å². The van der Waals surface area contributed by atoms with Crippen LogP contribution in [0.1, 0.15) is 23.4 Å². The van der Waals surface area contributed by atoms with Crippen LogP contribution in [0.4, 0.5) is 0 Å². The van der Waals surface area contributed by atoms with Gasteiger partial charge in [-0.15, -0.1) is 0 Å². The number of aromatic nitrogens is 4. The molecule has 78 valence electrons. The molecule has 0 amide bonds. The molecule has 1 N–H and O–H groups in total. The summed E-state index contributed by atoms with van der Waals surface area (Å²) in [7, 11) is 0. The van der Waals surface area contributed by atoms with Crippen LogP contribution < -0.4 is 0 Å². The van der Waals surface area contributed by atoms with Crippen molar-refractivity contribution in [3.05, 3.63) is 24.0 Å². The van der Waals surface area contributed by atoms with Gasteiger partial charge in [0.25, 0.3) is 0 Å². The van der Waals surface area contributed by atoms with Gasteiger partial charge in [-0.25, -0.2) is 14.8 Å². The second-order valence-electron chi connectivity index (χ2n) is 2.77. The van der Waals surface area contributed by atoms with E-state index >= 15 is 0 Å². The fourth-order valence-corrected chi connectivity index (χ4v) is 1.84. The maximum Gasteiger partial charge on any atom is 0.372 e. The van der Waals surface area contributed by atoms with Crippen molar-refractivity contribution in [3.63, 3.8) is 0 Å². The Morgan fingerprint density at radius 2 is 2.47 bits per heavy atom. The second kappa shape index (κ2) is 3.77. The Kier molecular flexibility index (Phi) is 2.46. The van der Waals surface area contributed by atoms with E-state index in [9.17, 15) is 4.79 Å². The molecule has 0 aromatic carbocycles. The van der Waals surface area contributed by atoms with E-state index < -0.39 is 5.97 Å². The van der Waals surface area contributed by atoms with Crippen LogP contribution in [0.3, 0.4) is 0 Å². The highest BCUT2D eigenvalue weighted by Gasteiger charge is 2.14. The first-order chi connectivity index (χ1) is 7.22. The smallest absolute Gasteiger partial charge is 0.372 e. The Morgan fingerprint density at radius 1 is 1.67 bits per heavy atom. The molecule has 2 heterocycles. The fourth-order valence-electron chi connectivity index (χ4n) is 1.10. The first-order valence-electron chi connectivity index (χ1n) is 4.32. The zero-order valence-corrected chi connectivity index (χ0v) is 8.73. The van der Waals surface area contributed by atoms with Crippen LogP contribution in [0.25, 0.3) is 5.13 Å². The van der Waals surface area contributed by atoms with E-state index in [1.165, 1.54) is 10.8 Å². The minimum absolute atomic E-state index is 0.0474. The molecule has 15 heavy (non-hydrogen) atoms. The summed E-state index contributed by atoms with van der Waals surface area (Å²) in [5, 5.41) is 9.38. The normalized spacial score (nSPS) is 10.5. The standard InChI is InChI=1S/C8H8N4O2S/c1-2-5-10-8(15-11-5)12-4-3-9-6(12)7(13)14/h3-4H,2H2,1H3,(H,13,14). The number of carboxylic acid groups (broad SMARTS) is 1. The monoisotopic (exact) mass is 224 g/mol. The predicted octanol–water partition coefficient (Wildman–Crippen LogP) is 0.984. The Labute approximate surface area is 89.4 Å². The molecule has 2 aromatic heterocycles. The molecule has 0 spiro atoms. The zero-order valence-electron chi connectivity index (χ0n) is 7.91. The number of carboxylic acids is 1. The molecule has 0 saturated heterocycles. The van der Waals surface area contributed by atoms with Crippen LogP contribution in [-0.4, -0.2) is 30.0 Å². The molecule has 0 bridgehead atoms. The van der Waals surface area contributed by atoms with Crippen molar-refractivity contribution in [3.8, 4) is 5.13 Å². The summed E-state index contributed by atoms with van der Waals surface area (Å²) in [6, 6.07) is 0. The van der Waals surface area contributed by atoms with E-state index in [0.29, 0.717) is 11.0 Å². The Morgan fingerprint density at radius 3 is 3.07 bits per heavy atom. The molecule has 0 saturated carbocycles. The average molecular weight is 224 g/mol. The minimum Gasteiger partial charge on any atom is -0.475 e. The van der Waals surface area contributed by atoms with Gasteiger partial charge in [-0.3, -0.25) is 4.57 Å². The highest BCUT2D eigenvalue weighted by molar-refractivity contribution is 7.08. The van der Waals surface area contributed by atoms with Gasteiger partial charge in [0.15, 0.2) is 0 Å². The van der Waals surface area contributed by atoms with Crippen LogP contribution in [0.2, 0.25) is 0 Å². The first kappa shape index (κ1) is 9.78. The molecule has 2 rings (SSSR count). The molecule has 0 aliphatic carbocycles. The van der Waals surface area contributed by atoms with Gasteiger partial charge in [-0.1, -0.05) is 6.92 Å². The number of imidazole rings is 1. The van der Waals surface area contributed by atoms with E-state index in [2.05, 4.69) is 14.3 Å². The number of rotatable bonds is 3. The lowest BCUT2D eigenvalue weighted by atomic mass is 10.5. The largest absolute Gasteiger partial charge is 0.475 e. The van der Waals surface area contributed by atoms with Crippen LogP contribution >= 0.6 is 11.5 Å². The van der Waals surface area contributed by atoms with Crippen LogP contribution in [0.5, 0.6) is 0 Å². The lowest BCUT2D eigenvalue weighted by Crippen LogP contribution is -2.07. The van der Waals surface area contributed by atoms with Crippen molar-refractivity contribution in [1.29, 1.82) is 0 Å². The van der Waals surface area contributed by atoms with Crippen molar-refractivity contribution >= 4 is 17.5 Å². The minimum atomic E-state index is -1.08. The Hall–Kier alpha value is -1.76. The maximum atomic E-state index is 10.8. The van der Waals surface area contributed by atoms with Crippen LogP contribution in [0, 0.1) is 0 Å². The van der Waals surface area contributed by atoms with Crippen molar-refractivity contribution in [2.75, 3.05) is 0 Å². The number of carbonyl (C=O) groups is 1. The molecule has 0 fully saturated rings. The Balaban J connectivity index is 2.44. The van der Waals surface area contributed by atoms with Gasteiger partial charge in [0.2, 0.25) is 11.0 Å². The SMILES string of the molecule is CCc1nsc(-n2ccnc2C(=O)O)n1. The van der Waals surface area contributed by atoms with Crippen LogP contribution in [0.15, 0.2) is 12.4 Å². The lowest BCUT2D eigenvalue weighted by molar-refractivity contribution is 0.0681. The summed E-state index contributed by atoms with van der Waals surface area (Å²) in [4.78, 5) is 18.7. The molecule has 7 heteroatoms. The summed E-state index contributed by atoms with van der Waals surface area (Å²) < 4.78 is 5.50. The highest BCUT2D eigenvalue weighted by Crippen LogP contribution is 2.13. The van der Waals surface area contributed by atoms with Crippen molar-refractivity contribution in [1.82, 2.24) is 18.9 Å². The van der Waals surface area contributed by atoms with Crippen molar-refractivity contribution < 1.29 is 9.90 Å². The van der Waals surface area contributed by atoms with Gasteiger partial charge in [0.05, 0.1) is 0 Å². The zero-order chi connectivity index (χ0) is 10.8.